The van der Waals surface area contributed by atoms with Crippen LogP contribution in [0.15, 0.2) is 18.3 Å². The fourth-order valence-corrected chi connectivity index (χ4v) is 2.02. The molecule has 2 N–H and O–H groups in total. The Morgan fingerprint density at radius 2 is 2.31 bits per heavy atom. The van der Waals surface area contributed by atoms with Gasteiger partial charge in [-0.3, -0.25) is 0 Å². The molecule has 1 aliphatic rings. The topological polar surface area (TPSA) is 51.4 Å². The van der Waals surface area contributed by atoms with E-state index in [0.717, 1.165) is 17.5 Å². The van der Waals surface area contributed by atoms with Crippen molar-refractivity contribution >= 4 is 5.82 Å². The lowest BCUT2D eigenvalue weighted by atomic mass is 10.1. The van der Waals surface area contributed by atoms with Crippen LogP contribution in [0.5, 0.6) is 5.75 Å². The number of ether oxygens (including phenoxy) is 1. The predicted octanol–water partition coefficient (Wildman–Crippen LogP) is 1.26. The van der Waals surface area contributed by atoms with Gasteiger partial charge >= 0.3 is 0 Å². The number of likely N-dealkylation sites (N-methyl/N-ethyl adjacent to an activating group) is 1. The largest absolute Gasteiger partial charge is 0.495 e. The molecule has 2 rings (SSSR count). The van der Waals surface area contributed by atoms with Gasteiger partial charge in [0.05, 0.1) is 13.3 Å². The van der Waals surface area contributed by atoms with Crippen molar-refractivity contribution in [3.05, 3.63) is 18.3 Å². The van der Waals surface area contributed by atoms with Crippen molar-refractivity contribution in [2.75, 3.05) is 25.6 Å². The quantitative estimate of drug-likeness (QED) is 0.813. The minimum atomic E-state index is 0.417. The van der Waals surface area contributed by atoms with Crippen LogP contribution in [-0.2, 0) is 0 Å². The summed E-state index contributed by atoms with van der Waals surface area (Å²) in [7, 11) is 3.71. The van der Waals surface area contributed by atoms with E-state index in [0.29, 0.717) is 12.6 Å². The summed E-state index contributed by atoms with van der Waals surface area (Å²) in [6, 6.07) is 4.32. The van der Waals surface area contributed by atoms with Gasteiger partial charge in [0.25, 0.3) is 0 Å². The first-order valence-electron chi connectivity index (χ1n) is 5.69. The molecule has 1 saturated carbocycles. The average molecular weight is 221 g/mol. The molecule has 88 valence electrons. The fraction of sp³-hybridized carbons (Fsp3) is 0.583. The van der Waals surface area contributed by atoms with Crippen molar-refractivity contribution in [2.24, 2.45) is 11.7 Å². The molecule has 1 aliphatic carbocycles. The van der Waals surface area contributed by atoms with E-state index in [1.807, 2.05) is 12.1 Å². The molecule has 1 fully saturated rings. The van der Waals surface area contributed by atoms with E-state index >= 15 is 0 Å². The van der Waals surface area contributed by atoms with Gasteiger partial charge < -0.3 is 15.4 Å². The normalized spacial score (nSPS) is 16.9. The van der Waals surface area contributed by atoms with Crippen LogP contribution in [0.3, 0.4) is 0 Å². The highest BCUT2D eigenvalue weighted by Crippen LogP contribution is 2.35. The monoisotopic (exact) mass is 221 g/mol. The Morgan fingerprint density at radius 1 is 1.56 bits per heavy atom. The van der Waals surface area contributed by atoms with Crippen LogP contribution in [0.25, 0.3) is 0 Å². The second kappa shape index (κ2) is 4.70. The second-order valence-electron chi connectivity index (χ2n) is 4.31. The number of rotatable bonds is 5. The molecule has 4 heteroatoms. The summed E-state index contributed by atoms with van der Waals surface area (Å²) < 4.78 is 5.09. The number of aromatic nitrogens is 1. The second-order valence-corrected chi connectivity index (χ2v) is 4.31. The number of pyridine rings is 1. The molecule has 0 bridgehead atoms. The summed E-state index contributed by atoms with van der Waals surface area (Å²) in [5, 5.41) is 0. The van der Waals surface area contributed by atoms with E-state index < -0.39 is 0 Å². The molecule has 0 aromatic carbocycles. The molecule has 4 nitrogen and oxygen atoms in total. The van der Waals surface area contributed by atoms with Gasteiger partial charge in [0.1, 0.15) is 11.6 Å². The van der Waals surface area contributed by atoms with E-state index in [1.54, 1.807) is 13.3 Å². The number of hydrogen-bond acceptors (Lipinski definition) is 4. The number of methoxy groups -OCH3 is 1. The number of hydrogen-bond donors (Lipinski definition) is 1. The van der Waals surface area contributed by atoms with Crippen LogP contribution in [-0.4, -0.2) is 31.7 Å². The van der Waals surface area contributed by atoms with E-state index in [9.17, 15) is 0 Å². The lowest BCUT2D eigenvalue weighted by Crippen LogP contribution is -2.40. The minimum Gasteiger partial charge on any atom is -0.495 e. The molecule has 1 aromatic heterocycles. The lowest BCUT2D eigenvalue weighted by Gasteiger charge is -2.28. The first-order chi connectivity index (χ1) is 7.76. The van der Waals surface area contributed by atoms with E-state index in [4.69, 9.17) is 10.5 Å². The van der Waals surface area contributed by atoms with Crippen molar-refractivity contribution in [3.63, 3.8) is 0 Å². The number of nitrogens with zero attached hydrogens (tertiary/aromatic N) is 2. The summed E-state index contributed by atoms with van der Waals surface area (Å²) >= 11 is 0. The molecular formula is C12H19N3O. The zero-order valence-electron chi connectivity index (χ0n) is 9.89. The first-order valence-corrected chi connectivity index (χ1v) is 5.69. The summed E-state index contributed by atoms with van der Waals surface area (Å²) in [6.45, 7) is 0.689. The van der Waals surface area contributed by atoms with Crippen molar-refractivity contribution in [1.29, 1.82) is 0 Å². The van der Waals surface area contributed by atoms with Gasteiger partial charge in [-0.15, -0.1) is 0 Å². The zero-order valence-corrected chi connectivity index (χ0v) is 9.89. The minimum absolute atomic E-state index is 0.417. The maximum Gasteiger partial charge on any atom is 0.137 e. The van der Waals surface area contributed by atoms with Crippen LogP contribution in [0.2, 0.25) is 0 Å². The predicted molar refractivity (Wildman–Crippen MR) is 64.8 cm³/mol. The van der Waals surface area contributed by atoms with Crippen LogP contribution in [0, 0.1) is 5.92 Å². The molecule has 1 unspecified atom stereocenters. The maximum absolute atomic E-state index is 5.81. The Bertz CT molecular complexity index is 335. The van der Waals surface area contributed by atoms with Gasteiger partial charge in [0.15, 0.2) is 0 Å². The first kappa shape index (κ1) is 11.2. The van der Waals surface area contributed by atoms with Crippen molar-refractivity contribution < 1.29 is 4.74 Å². The standard InChI is InChI=1S/C12H19N3O/c1-15(11(7-13)9-3-4-9)12-6-5-10(16-2)8-14-12/h5-6,8-9,11H,3-4,7,13H2,1-2H3. The molecule has 0 aliphatic heterocycles. The Balaban J connectivity index is 2.09. The highest BCUT2D eigenvalue weighted by Gasteiger charge is 2.33. The van der Waals surface area contributed by atoms with Crippen molar-refractivity contribution in [3.8, 4) is 5.75 Å². The Kier molecular flexibility index (Phi) is 3.29. The lowest BCUT2D eigenvalue weighted by molar-refractivity contribution is 0.412. The van der Waals surface area contributed by atoms with Gasteiger partial charge in [0.2, 0.25) is 0 Å². The summed E-state index contributed by atoms with van der Waals surface area (Å²) in [4.78, 5) is 6.55. The number of nitrogens with two attached hydrogens (primary N) is 1. The molecule has 0 spiro atoms. The van der Waals surface area contributed by atoms with Crippen molar-refractivity contribution in [1.82, 2.24) is 4.98 Å². The number of anilines is 1. The van der Waals surface area contributed by atoms with Gasteiger partial charge in [-0.1, -0.05) is 0 Å². The molecule has 1 aromatic rings. The Labute approximate surface area is 96.4 Å². The molecule has 1 heterocycles. The molecule has 0 saturated heterocycles. The SMILES string of the molecule is COc1ccc(N(C)C(CN)C2CC2)nc1. The molecule has 1 atom stereocenters. The van der Waals surface area contributed by atoms with Gasteiger partial charge in [0, 0.05) is 19.6 Å². The molecular weight excluding hydrogens is 202 g/mol. The summed E-state index contributed by atoms with van der Waals surface area (Å²) in [5.41, 5.74) is 5.81. The third-order valence-corrected chi connectivity index (χ3v) is 3.22. The van der Waals surface area contributed by atoms with Gasteiger partial charge in [-0.2, -0.15) is 0 Å². The van der Waals surface area contributed by atoms with Crippen LogP contribution < -0.4 is 15.4 Å². The van der Waals surface area contributed by atoms with Gasteiger partial charge in [-0.05, 0) is 30.9 Å². The highest BCUT2D eigenvalue weighted by atomic mass is 16.5. The summed E-state index contributed by atoms with van der Waals surface area (Å²) in [5.74, 6) is 2.50. The third-order valence-electron chi connectivity index (χ3n) is 3.22. The van der Waals surface area contributed by atoms with Crippen molar-refractivity contribution in [2.45, 2.75) is 18.9 Å². The molecule has 16 heavy (non-hydrogen) atoms. The average Bonchev–Trinajstić information content (AvgIpc) is 3.14. The van der Waals surface area contributed by atoms with Gasteiger partial charge in [-0.25, -0.2) is 4.98 Å². The van der Waals surface area contributed by atoms with E-state index in [-0.39, 0.29) is 0 Å². The van der Waals surface area contributed by atoms with E-state index in [2.05, 4.69) is 16.9 Å². The van der Waals surface area contributed by atoms with Crippen LogP contribution >= 0.6 is 0 Å². The fourth-order valence-electron chi connectivity index (χ4n) is 2.02. The Hall–Kier alpha value is -1.29. The smallest absolute Gasteiger partial charge is 0.137 e. The van der Waals surface area contributed by atoms with E-state index in [1.165, 1.54) is 12.8 Å². The van der Waals surface area contributed by atoms with Crippen LogP contribution in [0.1, 0.15) is 12.8 Å². The third kappa shape index (κ3) is 2.27. The maximum atomic E-state index is 5.81. The van der Waals surface area contributed by atoms with Crippen LogP contribution in [0.4, 0.5) is 5.82 Å². The zero-order chi connectivity index (χ0) is 11.5. The summed E-state index contributed by atoms with van der Waals surface area (Å²) in [6.07, 6.45) is 4.33. The molecule has 0 radical (unpaired) electrons. The highest BCUT2D eigenvalue weighted by molar-refractivity contribution is 5.41. The Morgan fingerprint density at radius 3 is 2.75 bits per heavy atom. The molecule has 0 amide bonds.